The Kier molecular flexibility index (Phi) is 6.76. The lowest BCUT2D eigenvalue weighted by Gasteiger charge is -2.07. The Labute approximate surface area is 141 Å². The van der Waals surface area contributed by atoms with Crippen LogP contribution in [0.2, 0.25) is 0 Å². The van der Waals surface area contributed by atoms with Crippen LogP contribution in [0.4, 0.5) is 0 Å². The van der Waals surface area contributed by atoms with Crippen LogP contribution in [0.1, 0.15) is 14.5 Å². The van der Waals surface area contributed by atoms with Gasteiger partial charge in [-0.3, -0.25) is 14.4 Å². The van der Waals surface area contributed by atoms with Gasteiger partial charge in [0.1, 0.15) is 0 Å². The number of hydrogen-bond donors (Lipinski definition) is 3. The highest BCUT2D eigenvalue weighted by molar-refractivity contribution is 7.12. The van der Waals surface area contributed by atoms with E-state index in [1.807, 2.05) is 17.5 Å². The lowest BCUT2D eigenvalue weighted by atomic mass is 10.3. The Bertz CT molecular complexity index is 639. The summed E-state index contributed by atoms with van der Waals surface area (Å²) in [5.74, 6) is -0.946. The largest absolute Gasteiger partial charge is 0.354 e. The highest BCUT2D eigenvalue weighted by Crippen LogP contribution is 2.08. The maximum Gasteiger partial charge on any atom is 0.261 e. The summed E-state index contributed by atoms with van der Waals surface area (Å²) < 4.78 is 0. The molecule has 0 aliphatic carbocycles. The molecule has 0 aromatic carbocycles. The van der Waals surface area contributed by atoms with Gasteiger partial charge < -0.3 is 16.0 Å². The van der Waals surface area contributed by atoms with E-state index in [2.05, 4.69) is 16.0 Å². The summed E-state index contributed by atoms with van der Waals surface area (Å²) in [7, 11) is 0. The van der Waals surface area contributed by atoms with E-state index in [0.717, 1.165) is 6.42 Å². The summed E-state index contributed by atoms with van der Waals surface area (Å²) in [5.41, 5.74) is 0. The Morgan fingerprint density at radius 1 is 0.870 bits per heavy atom. The van der Waals surface area contributed by atoms with Crippen LogP contribution in [-0.2, 0) is 16.0 Å². The SMILES string of the molecule is O=C(CNC(=O)CNC(=O)c1cccs1)NCCc1cccs1. The molecule has 0 atom stereocenters. The average Bonchev–Trinajstić information content (AvgIpc) is 3.23. The normalized spacial score (nSPS) is 10.1. The average molecular weight is 351 g/mol. The summed E-state index contributed by atoms with van der Waals surface area (Å²) in [6, 6.07) is 7.42. The van der Waals surface area contributed by atoms with Crippen LogP contribution in [0.3, 0.4) is 0 Å². The molecule has 0 fully saturated rings. The third-order valence-electron chi connectivity index (χ3n) is 2.87. The first-order valence-electron chi connectivity index (χ1n) is 7.02. The molecule has 2 aromatic rings. The predicted molar refractivity (Wildman–Crippen MR) is 90.7 cm³/mol. The van der Waals surface area contributed by atoms with E-state index in [4.69, 9.17) is 0 Å². The third-order valence-corrected chi connectivity index (χ3v) is 4.68. The molecule has 8 heteroatoms. The molecule has 23 heavy (non-hydrogen) atoms. The Morgan fingerprint density at radius 3 is 2.26 bits per heavy atom. The zero-order chi connectivity index (χ0) is 16.5. The first-order chi connectivity index (χ1) is 11.1. The van der Waals surface area contributed by atoms with Crippen LogP contribution < -0.4 is 16.0 Å². The van der Waals surface area contributed by atoms with Gasteiger partial charge in [-0.25, -0.2) is 0 Å². The van der Waals surface area contributed by atoms with Gasteiger partial charge in [0.25, 0.3) is 5.91 Å². The molecule has 0 bridgehead atoms. The number of carbonyl (C=O) groups excluding carboxylic acids is 3. The number of nitrogens with one attached hydrogen (secondary N) is 3. The van der Waals surface area contributed by atoms with Gasteiger partial charge >= 0.3 is 0 Å². The second kappa shape index (κ2) is 9.06. The van der Waals surface area contributed by atoms with E-state index in [-0.39, 0.29) is 24.9 Å². The van der Waals surface area contributed by atoms with Crippen molar-refractivity contribution in [1.82, 2.24) is 16.0 Å². The van der Waals surface area contributed by atoms with Gasteiger partial charge in [-0.1, -0.05) is 12.1 Å². The lowest BCUT2D eigenvalue weighted by molar-refractivity contribution is -0.125. The molecule has 0 saturated carbocycles. The van der Waals surface area contributed by atoms with Crippen molar-refractivity contribution < 1.29 is 14.4 Å². The van der Waals surface area contributed by atoms with E-state index >= 15 is 0 Å². The lowest BCUT2D eigenvalue weighted by Crippen LogP contribution is -2.42. The highest BCUT2D eigenvalue weighted by atomic mass is 32.1. The molecule has 6 nitrogen and oxygen atoms in total. The summed E-state index contributed by atoms with van der Waals surface area (Å²) in [6.45, 7) is 0.279. The minimum atomic E-state index is -0.400. The molecule has 3 amide bonds. The predicted octanol–water partition coefficient (Wildman–Crippen LogP) is 1.01. The fourth-order valence-corrected chi connectivity index (χ4v) is 3.09. The molecule has 0 aliphatic heterocycles. The van der Waals surface area contributed by atoms with Gasteiger partial charge in [0.15, 0.2) is 0 Å². The van der Waals surface area contributed by atoms with Crippen molar-refractivity contribution in [2.24, 2.45) is 0 Å². The molecule has 3 N–H and O–H groups in total. The quantitative estimate of drug-likeness (QED) is 0.663. The number of amides is 3. The van der Waals surface area contributed by atoms with Crippen molar-refractivity contribution in [3.8, 4) is 0 Å². The van der Waals surface area contributed by atoms with E-state index in [1.54, 1.807) is 28.8 Å². The molecule has 0 unspecified atom stereocenters. The minimum absolute atomic E-state index is 0.0991. The number of rotatable bonds is 8. The highest BCUT2D eigenvalue weighted by Gasteiger charge is 2.09. The topological polar surface area (TPSA) is 87.3 Å². The van der Waals surface area contributed by atoms with Gasteiger partial charge in [-0.15, -0.1) is 22.7 Å². The van der Waals surface area contributed by atoms with E-state index in [0.29, 0.717) is 11.4 Å². The standard InChI is InChI=1S/C15H17N3O3S2/c19-13(16-6-5-11-3-1-7-22-11)9-17-14(20)10-18-15(21)12-4-2-8-23-12/h1-4,7-8H,5-6,9-10H2,(H,16,19)(H,17,20)(H,18,21). The monoisotopic (exact) mass is 351 g/mol. The zero-order valence-corrected chi connectivity index (χ0v) is 14.0. The molecule has 0 aliphatic rings. The van der Waals surface area contributed by atoms with Crippen molar-refractivity contribution in [3.63, 3.8) is 0 Å². The molecular formula is C15H17N3O3S2. The number of carbonyl (C=O) groups is 3. The van der Waals surface area contributed by atoms with Gasteiger partial charge in [-0.2, -0.15) is 0 Å². The summed E-state index contributed by atoms with van der Waals surface area (Å²) in [5, 5.41) is 11.5. The molecule has 0 spiro atoms. The Balaban J connectivity index is 1.56. The number of thiophene rings is 2. The van der Waals surface area contributed by atoms with Crippen LogP contribution in [0, 0.1) is 0 Å². The maximum absolute atomic E-state index is 11.6. The van der Waals surface area contributed by atoms with E-state index in [9.17, 15) is 14.4 Å². The second-order valence-electron chi connectivity index (χ2n) is 4.62. The molecule has 2 rings (SSSR count). The van der Waals surface area contributed by atoms with Crippen LogP contribution >= 0.6 is 22.7 Å². The van der Waals surface area contributed by atoms with Crippen LogP contribution in [0.15, 0.2) is 35.0 Å². The van der Waals surface area contributed by atoms with Crippen molar-refractivity contribution in [3.05, 3.63) is 44.8 Å². The van der Waals surface area contributed by atoms with Gasteiger partial charge in [0.2, 0.25) is 11.8 Å². The fourth-order valence-electron chi connectivity index (χ4n) is 1.74. The first kappa shape index (κ1) is 17.2. The smallest absolute Gasteiger partial charge is 0.261 e. The third kappa shape index (κ3) is 6.21. The van der Waals surface area contributed by atoms with E-state index in [1.165, 1.54) is 16.2 Å². The molecule has 0 saturated heterocycles. The second-order valence-corrected chi connectivity index (χ2v) is 6.60. The van der Waals surface area contributed by atoms with Gasteiger partial charge in [-0.05, 0) is 29.3 Å². The molecular weight excluding hydrogens is 334 g/mol. The molecule has 0 radical (unpaired) electrons. The van der Waals surface area contributed by atoms with Crippen molar-refractivity contribution in [2.45, 2.75) is 6.42 Å². The first-order valence-corrected chi connectivity index (χ1v) is 8.78. The Hall–Kier alpha value is -2.19. The zero-order valence-electron chi connectivity index (χ0n) is 12.3. The summed E-state index contributed by atoms with van der Waals surface area (Å²) >= 11 is 2.94. The maximum atomic E-state index is 11.6. The van der Waals surface area contributed by atoms with Crippen molar-refractivity contribution in [2.75, 3.05) is 19.6 Å². The Morgan fingerprint density at radius 2 is 1.57 bits per heavy atom. The number of hydrogen-bond acceptors (Lipinski definition) is 5. The van der Waals surface area contributed by atoms with Crippen LogP contribution in [-0.4, -0.2) is 37.4 Å². The summed E-state index contributed by atoms with van der Waals surface area (Å²) in [4.78, 5) is 36.6. The van der Waals surface area contributed by atoms with Crippen molar-refractivity contribution >= 4 is 40.4 Å². The summed E-state index contributed by atoms with van der Waals surface area (Å²) in [6.07, 6.45) is 0.772. The minimum Gasteiger partial charge on any atom is -0.354 e. The van der Waals surface area contributed by atoms with Crippen molar-refractivity contribution in [1.29, 1.82) is 0 Å². The molecule has 2 aromatic heterocycles. The van der Waals surface area contributed by atoms with Gasteiger partial charge in [0.05, 0.1) is 18.0 Å². The van der Waals surface area contributed by atoms with Crippen LogP contribution in [0.25, 0.3) is 0 Å². The fraction of sp³-hybridized carbons (Fsp3) is 0.267. The van der Waals surface area contributed by atoms with E-state index < -0.39 is 5.91 Å². The molecule has 2 heterocycles. The van der Waals surface area contributed by atoms with Gasteiger partial charge in [0, 0.05) is 11.4 Å². The molecule has 122 valence electrons. The van der Waals surface area contributed by atoms with Crippen LogP contribution in [0.5, 0.6) is 0 Å².